The molecule has 4 atom stereocenters. The summed E-state index contributed by atoms with van der Waals surface area (Å²) in [5, 5.41) is 20.4. The van der Waals surface area contributed by atoms with Gasteiger partial charge in [0.05, 0.1) is 11.7 Å². The number of esters is 1. The van der Waals surface area contributed by atoms with E-state index in [1.807, 2.05) is 20.8 Å². The van der Waals surface area contributed by atoms with Crippen LogP contribution in [-0.4, -0.2) is 34.4 Å². The third kappa shape index (κ3) is 3.62. The van der Waals surface area contributed by atoms with Gasteiger partial charge < -0.3 is 19.7 Å². The van der Waals surface area contributed by atoms with Crippen molar-refractivity contribution in [3.8, 4) is 0 Å². The third-order valence-corrected chi connectivity index (χ3v) is 5.62. The van der Waals surface area contributed by atoms with Gasteiger partial charge in [0, 0.05) is 12.0 Å². The summed E-state index contributed by atoms with van der Waals surface area (Å²) in [7, 11) is 0. The van der Waals surface area contributed by atoms with E-state index in [0.717, 1.165) is 19.3 Å². The smallest absolute Gasteiger partial charge is 0.339 e. The largest absolute Gasteiger partial charge is 0.428 e. The molecule has 1 aliphatic heterocycles. The molecular formula is C19H28O5. The number of carbonyl (C=O) groups is 2. The average molecular weight is 336 g/mol. The molecule has 24 heavy (non-hydrogen) atoms. The fraction of sp³-hybridized carbons (Fsp3) is 0.684. The lowest BCUT2D eigenvalue weighted by Gasteiger charge is -2.42. The zero-order valence-electron chi connectivity index (χ0n) is 15.0. The highest BCUT2D eigenvalue weighted by Crippen LogP contribution is 2.52. The molecule has 2 N–H and O–H groups in total. The number of ketones is 1. The van der Waals surface area contributed by atoms with E-state index >= 15 is 0 Å². The number of aliphatic hydroxyl groups is 2. The Hall–Kier alpha value is -1.46. The molecule has 0 aromatic rings. The molecule has 0 bridgehead atoms. The van der Waals surface area contributed by atoms with Crippen LogP contribution in [-0.2, 0) is 14.3 Å². The minimum Gasteiger partial charge on any atom is -0.428 e. The Labute approximate surface area is 143 Å². The molecule has 2 aliphatic rings. The van der Waals surface area contributed by atoms with Gasteiger partial charge in [-0.1, -0.05) is 25.5 Å². The summed E-state index contributed by atoms with van der Waals surface area (Å²) in [5.41, 5.74) is 1.60. The molecule has 0 aromatic heterocycles. The average Bonchev–Trinajstić information content (AvgIpc) is 2.78. The molecule has 5 nitrogen and oxygen atoms in total. The van der Waals surface area contributed by atoms with Gasteiger partial charge in [0.1, 0.15) is 5.78 Å². The first-order valence-corrected chi connectivity index (χ1v) is 8.63. The molecule has 1 unspecified atom stereocenters. The highest BCUT2D eigenvalue weighted by atomic mass is 16.6. The van der Waals surface area contributed by atoms with Crippen LogP contribution in [0.2, 0.25) is 0 Å². The first-order valence-electron chi connectivity index (χ1n) is 8.63. The zero-order chi connectivity index (χ0) is 18.1. The maximum absolute atomic E-state index is 11.9. The number of aliphatic hydroxyl groups excluding tert-OH is 2. The molecule has 0 saturated heterocycles. The normalized spacial score (nSPS) is 33.5. The Kier molecular flexibility index (Phi) is 5.66. The highest BCUT2D eigenvalue weighted by molar-refractivity contribution is 5.93. The van der Waals surface area contributed by atoms with Crippen LogP contribution in [0, 0.1) is 11.3 Å². The summed E-state index contributed by atoms with van der Waals surface area (Å²) in [4.78, 5) is 22.9. The van der Waals surface area contributed by atoms with Gasteiger partial charge in [0.2, 0.25) is 6.29 Å². The quantitative estimate of drug-likeness (QED) is 0.575. The van der Waals surface area contributed by atoms with Crippen molar-refractivity contribution in [3.63, 3.8) is 0 Å². The third-order valence-electron chi connectivity index (χ3n) is 5.62. The molecule has 0 fully saturated rings. The summed E-state index contributed by atoms with van der Waals surface area (Å²) in [6.45, 7) is 7.70. The van der Waals surface area contributed by atoms with Gasteiger partial charge in [-0.05, 0) is 50.9 Å². The molecule has 5 heteroatoms. The van der Waals surface area contributed by atoms with Crippen LogP contribution in [0.15, 0.2) is 22.8 Å². The number of Topliss-reactive ketones (excluding diaryl/α,β-unsaturated/α-hetero) is 1. The molecule has 0 amide bonds. The van der Waals surface area contributed by atoms with E-state index in [4.69, 9.17) is 4.74 Å². The first kappa shape index (κ1) is 18.9. The second kappa shape index (κ2) is 7.19. The Morgan fingerprint density at radius 3 is 2.62 bits per heavy atom. The van der Waals surface area contributed by atoms with Gasteiger partial charge in [0.25, 0.3) is 0 Å². The van der Waals surface area contributed by atoms with Crippen molar-refractivity contribution in [2.24, 2.45) is 11.3 Å². The summed E-state index contributed by atoms with van der Waals surface area (Å²) in [6.07, 6.45) is 3.32. The Morgan fingerprint density at radius 1 is 1.33 bits per heavy atom. The molecular weight excluding hydrogens is 308 g/mol. The highest BCUT2D eigenvalue weighted by Gasteiger charge is 2.51. The van der Waals surface area contributed by atoms with E-state index < -0.39 is 23.8 Å². The topological polar surface area (TPSA) is 83.8 Å². The van der Waals surface area contributed by atoms with Gasteiger partial charge in [0.15, 0.2) is 0 Å². The first-order chi connectivity index (χ1) is 11.2. The predicted octanol–water partition coefficient (Wildman–Crippen LogP) is 2.66. The van der Waals surface area contributed by atoms with Crippen molar-refractivity contribution in [2.75, 3.05) is 0 Å². The molecule has 1 heterocycles. The maximum Gasteiger partial charge on any atom is 0.339 e. The van der Waals surface area contributed by atoms with Gasteiger partial charge in [-0.3, -0.25) is 0 Å². The number of carbonyl (C=O) groups excluding carboxylic acids is 2. The minimum absolute atomic E-state index is 0.125. The van der Waals surface area contributed by atoms with Crippen molar-refractivity contribution in [3.05, 3.63) is 22.8 Å². The summed E-state index contributed by atoms with van der Waals surface area (Å²) >= 11 is 0. The lowest BCUT2D eigenvalue weighted by atomic mass is 9.62. The Bertz CT molecular complexity index is 589. The van der Waals surface area contributed by atoms with E-state index in [-0.39, 0.29) is 17.3 Å². The SMILES string of the molecule is CC(=O)CC/C=C(\C)CC[C@]1(C)C2=C(C(=O)O[C@@H]2O)C(O)C[C@H]1C. The minimum atomic E-state index is -1.25. The molecule has 0 aromatic carbocycles. The predicted molar refractivity (Wildman–Crippen MR) is 89.9 cm³/mol. The Morgan fingerprint density at radius 2 is 2.00 bits per heavy atom. The number of cyclic esters (lactones) is 1. The molecule has 0 saturated carbocycles. The summed E-state index contributed by atoms with van der Waals surface area (Å²) in [6, 6.07) is 0. The van der Waals surface area contributed by atoms with Crippen LogP contribution in [0.4, 0.5) is 0 Å². The molecule has 0 spiro atoms. The van der Waals surface area contributed by atoms with Crippen LogP contribution < -0.4 is 0 Å². The second-order valence-corrected chi connectivity index (χ2v) is 7.45. The van der Waals surface area contributed by atoms with Crippen LogP contribution in [0.1, 0.15) is 59.8 Å². The van der Waals surface area contributed by atoms with Crippen LogP contribution >= 0.6 is 0 Å². The number of hydrogen-bond donors (Lipinski definition) is 2. The van der Waals surface area contributed by atoms with Crippen molar-refractivity contribution in [1.29, 1.82) is 0 Å². The van der Waals surface area contributed by atoms with E-state index in [0.29, 0.717) is 18.4 Å². The van der Waals surface area contributed by atoms with E-state index in [1.54, 1.807) is 6.92 Å². The lowest BCUT2D eigenvalue weighted by Crippen LogP contribution is -2.40. The van der Waals surface area contributed by atoms with Gasteiger partial charge >= 0.3 is 5.97 Å². The van der Waals surface area contributed by atoms with Crippen LogP contribution in [0.3, 0.4) is 0 Å². The Balaban J connectivity index is 2.16. The van der Waals surface area contributed by atoms with Gasteiger partial charge in [-0.25, -0.2) is 4.79 Å². The summed E-state index contributed by atoms with van der Waals surface area (Å²) in [5.74, 6) is -0.294. The monoisotopic (exact) mass is 336 g/mol. The van der Waals surface area contributed by atoms with Gasteiger partial charge in [-0.15, -0.1) is 0 Å². The molecule has 0 radical (unpaired) electrons. The van der Waals surface area contributed by atoms with Gasteiger partial charge in [-0.2, -0.15) is 0 Å². The molecule has 134 valence electrons. The van der Waals surface area contributed by atoms with Crippen LogP contribution in [0.5, 0.6) is 0 Å². The number of rotatable bonds is 6. The second-order valence-electron chi connectivity index (χ2n) is 7.45. The lowest BCUT2D eigenvalue weighted by molar-refractivity contribution is -0.153. The summed E-state index contributed by atoms with van der Waals surface area (Å²) < 4.78 is 4.95. The zero-order valence-corrected chi connectivity index (χ0v) is 15.0. The number of hydrogen-bond acceptors (Lipinski definition) is 5. The fourth-order valence-corrected chi connectivity index (χ4v) is 3.81. The maximum atomic E-state index is 11.9. The number of ether oxygens (including phenoxy) is 1. The molecule has 2 rings (SSSR count). The van der Waals surface area contributed by atoms with E-state index in [1.165, 1.54) is 5.57 Å². The van der Waals surface area contributed by atoms with E-state index in [2.05, 4.69) is 6.08 Å². The van der Waals surface area contributed by atoms with Crippen molar-refractivity contribution in [1.82, 2.24) is 0 Å². The fourth-order valence-electron chi connectivity index (χ4n) is 3.81. The van der Waals surface area contributed by atoms with Crippen molar-refractivity contribution >= 4 is 11.8 Å². The van der Waals surface area contributed by atoms with E-state index in [9.17, 15) is 19.8 Å². The van der Waals surface area contributed by atoms with Crippen molar-refractivity contribution < 1.29 is 24.5 Å². The molecule has 1 aliphatic carbocycles. The number of allylic oxidation sites excluding steroid dienone is 2. The van der Waals surface area contributed by atoms with Crippen LogP contribution in [0.25, 0.3) is 0 Å². The van der Waals surface area contributed by atoms with Crippen molar-refractivity contribution in [2.45, 2.75) is 72.2 Å². The standard InChI is InChI=1S/C19H28O5/c1-11(6-5-7-13(3)20)8-9-19(4)12(2)10-14(21)15-16(19)18(23)24-17(15)22/h6,12,14,18,21,23H,5,7-10H2,1-4H3/b11-6+/t12-,14?,18+,19+/m1/s1.